The Hall–Kier alpha value is -1.95. The van der Waals surface area contributed by atoms with Crippen LogP contribution in [0.3, 0.4) is 0 Å². The molecule has 2 fully saturated rings. The third-order valence-electron chi connectivity index (χ3n) is 7.59. The number of fused-ring (bicyclic) bond motifs is 2. The van der Waals surface area contributed by atoms with Gasteiger partial charge in [0.1, 0.15) is 12.4 Å². The third kappa shape index (κ3) is 3.95. The van der Waals surface area contributed by atoms with Crippen molar-refractivity contribution >= 4 is 48.9 Å². The fourth-order valence-corrected chi connectivity index (χ4v) is 8.61. The van der Waals surface area contributed by atoms with E-state index in [9.17, 15) is 13.5 Å². The lowest BCUT2D eigenvalue weighted by atomic mass is 9.92. The number of rotatable bonds is 4. The molecule has 1 aromatic carbocycles. The monoisotopic (exact) mass is 563 g/mol. The zero-order chi connectivity index (χ0) is 26.2. The molecule has 0 amide bonds. The number of nitrogens with zero attached hydrogens (tertiary/aromatic N) is 3. The number of benzene rings is 1. The Labute approximate surface area is 225 Å². The molecule has 8 nitrogen and oxygen atoms in total. The first-order valence-corrected chi connectivity index (χ1v) is 15.0. The van der Waals surface area contributed by atoms with Crippen molar-refractivity contribution in [3.8, 4) is 16.9 Å². The largest absolute Gasteiger partial charge is 0.489 e. The smallest absolute Gasteiger partial charge is 0.219 e. The minimum atomic E-state index is -3.55. The van der Waals surface area contributed by atoms with Gasteiger partial charge in [-0.25, -0.2) is 8.42 Å². The summed E-state index contributed by atoms with van der Waals surface area (Å²) in [6.45, 7) is 7.54. The van der Waals surface area contributed by atoms with Gasteiger partial charge < -0.3 is 19.5 Å². The molecule has 0 bridgehead atoms. The van der Waals surface area contributed by atoms with Crippen LogP contribution in [0.1, 0.15) is 32.1 Å². The molecular formula is C26H30ClN3O5S2. The maximum absolute atomic E-state index is 13.6. The van der Waals surface area contributed by atoms with E-state index in [1.54, 1.807) is 31.3 Å². The van der Waals surface area contributed by atoms with E-state index in [2.05, 4.69) is 9.88 Å². The number of aliphatic hydroxyl groups excluding tert-OH is 1. The lowest BCUT2D eigenvalue weighted by molar-refractivity contribution is -0.0968. The van der Waals surface area contributed by atoms with Gasteiger partial charge in [0.05, 0.1) is 52.6 Å². The van der Waals surface area contributed by atoms with Crippen LogP contribution >= 0.6 is 22.9 Å². The van der Waals surface area contributed by atoms with Crippen LogP contribution in [0.5, 0.6) is 5.75 Å². The Balaban J connectivity index is 1.47. The molecule has 5 heterocycles. The van der Waals surface area contributed by atoms with Crippen LogP contribution in [0.4, 0.5) is 5.69 Å². The van der Waals surface area contributed by atoms with Crippen molar-refractivity contribution in [1.29, 1.82) is 0 Å². The number of pyridine rings is 1. The average Bonchev–Trinajstić information content (AvgIpc) is 3.44. The van der Waals surface area contributed by atoms with E-state index in [4.69, 9.17) is 21.1 Å². The fourth-order valence-electron chi connectivity index (χ4n) is 5.68. The molecule has 0 aliphatic carbocycles. The van der Waals surface area contributed by atoms with E-state index in [0.29, 0.717) is 50.1 Å². The van der Waals surface area contributed by atoms with Crippen LogP contribution in [0.25, 0.3) is 21.3 Å². The van der Waals surface area contributed by atoms with Crippen molar-refractivity contribution in [3.63, 3.8) is 0 Å². The Bertz CT molecular complexity index is 1480. The molecule has 2 saturated heterocycles. The van der Waals surface area contributed by atoms with Gasteiger partial charge in [0.15, 0.2) is 0 Å². The second-order valence-corrected chi connectivity index (χ2v) is 15.2. The quantitative estimate of drug-likeness (QED) is 0.506. The molecule has 6 rings (SSSR count). The number of hydrogen-bond donors (Lipinski definition) is 1. The molecule has 0 unspecified atom stereocenters. The summed E-state index contributed by atoms with van der Waals surface area (Å²) in [6.07, 6.45) is 2.45. The average molecular weight is 564 g/mol. The summed E-state index contributed by atoms with van der Waals surface area (Å²) < 4.78 is 40.7. The number of anilines is 1. The highest BCUT2D eigenvalue weighted by molar-refractivity contribution is 7.90. The Morgan fingerprint density at radius 3 is 2.70 bits per heavy atom. The molecule has 1 atom stereocenters. The Morgan fingerprint density at radius 2 is 2.03 bits per heavy atom. The molecule has 3 aliphatic rings. The number of halogens is 1. The normalized spacial score (nSPS) is 21.8. The molecule has 198 valence electrons. The molecule has 2 aromatic heterocycles. The van der Waals surface area contributed by atoms with Gasteiger partial charge in [-0.3, -0.25) is 4.98 Å². The first-order valence-electron chi connectivity index (χ1n) is 12.4. The van der Waals surface area contributed by atoms with Gasteiger partial charge in [-0.1, -0.05) is 11.6 Å². The zero-order valence-corrected chi connectivity index (χ0v) is 23.4. The highest BCUT2D eigenvalue weighted by Crippen LogP contribution is 2.50. The Kier molecular flexibility index (Phi) is 6.02. The molecule has 37 heavy (non-hydrogen) atoms. The van der Waals surface area contributed by atoms with Crippen molar-refractivity contribution in [2.24, 2.45) is 0 Å². The van der Waals surface area contributed by atoms with Gasteiger partial charge in [-0.15, -0.1) is 11.3 Å². The third-order valence-corrected chi connectivity index (χ3v) is 11.6. The number of hydrogen-bond acceptors (Lipinski definition) is 8. The fraction of sp³-hybridized carbons (Fsp3) is 0.500. The second kappa shape index (κ2) is 8.79. The second-order valence-electron chi connectivity index (χ2n) is 11.0. The number of aliphatic hydroxyl groups is 1. The molecule has 1 spiro atoms. The highest BCUT2D eigenvalue weighted by atomic mass is 35.5. The van der Waals surface area contributed by atoms with E-state index >= 15 is 0 Å². The Morgan fingerprint density at radius 1 is 1.24 bits per heavy atom. The summed E-state index contributed by atoms with van der Waals surface area (Å²) in [5.74, 6) is 0.689. The van der Waals surface area contributed by atoms with Crippen LogP contribution in [-0.2, 0) is 21.4 Å². The lowest BCUT2D eigenvalue weighted by Crippen LogP contribution is -2.62. The van der Waals surface area contributed by atoms with Gasteiger partial charge in [0.2, 0.25) is 10.0 Å². The van der Waals surface area contributed by atoms with E-state index in [1.807, 2.05) is 24.3 Å². The van der Waals surface area contributed by atoms with Crippen LogP contribution in [-0.4, -0.2) is 72.1 Å². The van der Waals surface area contributed by atoms with Crippen molar-refractivity contribution in [3.05, 3.63) is 40.4 Å². The van der Waals surface area contributed by atoms with E-state index in [0.717, 1.165) is 31.9 Å². The molecule has 11 heteroatoms. The standard InChI is InChI=1S/C26H30ClN3O5S2/c1-25(2,3)37(32,33)30-12-17(11-26(30)14-34-15-26)29-6-7-35-22-9-16(27)8-20(23(22)29)19-4-5-28-21-10-18(13-31)36-24(19)21/h4-5,8-10,17,31H,6-7,11-15H2,1-3H3/t17-/m0/s1. The van der Waals surface area contributed by atoms with Gasteiger partial charge in [-0.05, 0) is 45.4 Å². The maximum atomic E-state index is 13.6. The van der Waals surface area contributed by atoms with Crippen molar-refractivity contribution in [2.45, 2.75) is 50.1 Å². The summed E-state index contributed by atoms with van der Waals surface area (Å²) >= 11 is 8.09. The predicted octanol–water partition coefficient (Wildman–Crippen LogP) is 4.28. The first-order chi connectivity index (χ1) is 17.5. The highest BCUT2D eigenvalue weighted by Gasteiger charge is 2.59. The summed E-state index contributed by atoms with van der Waals surface area (Å²) in [5.41, 5.74) is 3.09. The predicted molar refractivity (Wildman–Crippen MR) is 146 cm³/mol. The minimum Gasteiger partial charge on any atom is -0.489 e. The van der Waals surface area contributed by atoms with Crippen LogP contribution in [0.2, 0.25) is 5.02 Å². The number of ether oxygens (including phenoxy) is 2. The molecule has 0 saturated carbocycles. The maximum Gasteiger partial charge on any atom is 0.219 e. The SMILES string of the molecule is CC(C)(C)S(=O)(=O)N1C[C@@H](N2CCOc3cc(Cl)cc(-c4ccnc5cc(CO)sc45)c32)CC12COC2. The van der Waals surface area contributed by atoms with Gasteiger partial charge >= 0.3 is 0 Å². The number of sulfonamides is 1. The number of aromatic nitrogens is 1. The summed E-state index contributed by atoms with van der Waals surface area (Å²) in [4.78, 5) is 7.64. The lowest BCUT2D eigenvalue weighted by Gasteiger charge is -2.46. The number of thiophene rings is 1. The first kappa shape index (κ1) is 25.3. The van der Waals surface area contributed by atoms with Crippen molar-refractivity contribution in [1.82, 2.24) is 9.29 Å². The van der Waals surface area contributed by atoms with Crippen LogP contribution in [0.15, 0.2) is 30.5 Å². The summed E-state index contributed by atoms with van der Waals surface area (Å²) in [7, 11) is -3.55. The van der Waals surface area contributed by atoms with Crippen molar-refractivity contribution in [2.75, 3.05) is 37.8 Å². The van der Waals surface area contributed by atoms with E-state index < -0.39 is 20.3 Å². The van der Waals surface area contributed by atoms with Gasteiger partial charge in [-0.2, -0.15) is 4.31 Å². The van der Waals surface area contributed by atoms with E-state index in [1.165, 1.54) is 11.3 Å². The minimum absolute atomic E-state index is 0.0442. The molecule has 3 aromatic rings. The zero-order valence-electron chi connectivity index (χ0n) is 21.0. The topological polar surface area (TPSA) is 92.2 Å². The van der Waals surface area contributed by atoms with Crippen LogP contribution in [0, 0.1) is 0 Å². The van der Waals surface area contributed by atoms with Gasteiger partial charge in [0.25, 0.3) is 0 Å². The van der Waals surface area contributed by atoms with Gasteiger partial charge in [0, 0.05) is 45.9 Å². The van der Waals surface area contributed by atoms with E-state index in [-0.39, 0.29) is 12.6 Å². The summed E-state index contributed by atoms with van der Waals surface area (Å²) in [5, 5.41) is 10.3. The molecular weight excluding hydrogens is 534 g/mol. The summed E-state index contributed by atoms with van der Waals surface area (Å²) in [6, 6.07) is 7.60. The van der Waals surface area contributed by atoms with Crippen LogP contribution < -0.4 is 9.64 Å². The molecule has 3 aliphatic heterocycles. The molecule has 1 N–H and O–H groups in total. The van der Waals surface area contributed by atoms with Crippen molar-refractivity contribution < 1.29 is 23.0 Å². The molecule has 0 radical (unpaired) electrons.